The van der Waals surface area contributed by atoms with Crippen molar-refractivity contribution in [2.24, 2.45) is 11.8 Å². The van der Waals surface area contributed by atoms with E-state index < -0.39 is 47.2 Å². The second-order valence-corrected chi connectivity index (χ2v) is 13.6. The molecular weight excluding hydrogens is 700 g/mol. The molecule has 2 N–H and O–H groups in total. The van der Waals surface area contributed by atoms with E-state index in [2.05, 4.69) is 0 Å². The van der Waals surface area contributed by atoms with Crippen molar-refractivity contribution in [3.63, 3.8) is 0 Å². The maximum atomic E-state index is 13.6. The number of carbonyl (C=O) groups excluding carboxylic acids is 4. The van der Waals surface area contributed by atoms with E-state index in [0.29, 0.717) is 40.2 Å². The highest BCUT2D eigenvalue weighted by Crippen LogP contribution is 2.46. The van der Waals surface area contributed by atoms with Crippen LogP contribution in [0.15, 0.2) is 97.1 Å². The molecule has 0 heterocycles. The Hall–Kier alpha value is -6.16. The number of aromatic hydroxyl groups is 2. The third-order valence-corrected chi connectivity index (χ3v) is 10.3. The van der Waals surface area contributed by atoms with Crippen molar-refractivity contribution in [2.75, 3.05) is 27.4 Å². The summed E-state index contributed by atoms with van der Waals surface area (Å²) in [5.41, 5.74) is 5.40. The fourth-order valence-electron chi connectivity index (χ4n) is 7.62. The zero-order valence-electron chi connectivity index (χ0n) is 31.2. The molecule has 0 fully saturated rings. The van der Waals surface area contributed by atoms with Crippen LogP contribution in [0.3, 0.4) is 0 Å². The third kappa shape index (κ3) is 8.33. The molecule has 2 aliphatic rings. The number of benzene rings is 4. The molecule has 10 heteroatoms. The monoisotopic (exact) mass is 744 g/mol. The van der Waals surface area contributed by atoms with Crippen molar-refractivity contribution < 1.29 is 48.3 Å². The Kier molecular flexibility index (Phi) is 11.8. The van der Waals surface area contributed by atoms with Crippen LogP contribution < -0.4 is 9.47 Å². The van der Waals surface area contributed by atoms with Crippen molar-refractivity contribution in [2.45, 2.75) is 44.9 Å². The number of phenols is 2. The second kappa shape index (κ2) is 16.9. The molecule has 6 rings (SSSR count). The molecule has 4 aromatic rings. The Morgan fingerprint density at radius 3 is 1.33 bits per heavy atom. The largest absolute Gasteiger partial charge is 0.508 e. The van der Waals surface area contributed by atoms with Gasteiger partial charge < -0.3 is 29.2 Å². The van der Waals surface area contributed by atoms with Crippen molar-refractivity contribution in [3.05, 3.63) is 130 Å². The highest BCUT2D eigenvalue weighted by Gasteiger charge is 2.42. The van der Waals surface area contributed by atoms with E-state index in [0.717, 1.165) is 22.3 Å². The molecule has 0 saturated carbocycles. The third-order valence-electron chi connectivity index (χ3n) is 10.3. The van der Waals surface area contributed by atoms with E-state index in [1.807, 2.05) is 24.3 Å². The average Bonchev–Trinajstić information content (AvgIpc) is 3.19. The predicted octanol–water partition coefficient (Wildman–Crippen LogP) is 7.34. The van der Waals surface area contributed by atoms with Crippen LogP contribution in [0.25, 0.3) is 11.1 Å². The quantitative estimate of drug-likeness (QED) is 0.112. The number of phenolic OH excluding ortho intramolecular Hbond substituents is 2. The smallest absolute Gasteiger partial charge is 0.317 e. The molecule has 0 aromatic heterocycles. The Morgan fingerprint density at radius 2 is 0.982 bits per heavy atom. The summed E-state index contributed by atoms with van der Waals surface area (Å²) in [6.45, 7) is 3.55. The first-order valence-electron chi connectivity index (χ1n) is 18.3. The van der Waals surface area contributed by atoms with Gasteiger partial charge in [-0.25, -0.2) is 0 Å². The minimum atomic E-state index is -1.15. The topological polar surface area (TPSA) is 146 Å². The standard InChI is InChI=1S/C45H44O10/c1-5-54-44(50)42-36(22-30(24-40(42)48)28-9-13-32(52-3)14-10-28)34-20-26(7-17-38(34)46)19-27-8-18-39(47)35(21-27)37-23-31(29-11-15-33(53-4)16-12-29)25-41(49)43(37)45(51)55-6-2/h7-18,20-21,24-25,36-37,42-43,46-47H,5-6,19,22-23H2,1-4H3. The molecule has 284 valence electrons. The van der Waals surface area contributed by atoms with Gasteiger partial charge in [0.25, 0.3) is 0 Å². The van der Waals surface area contributed by atoms with Crippen LogP contribution in [-0.2, 0) is 35.1 Å². The molecule has 0 bridgehead atoms. The van der Waals surface area contributed by atoms with Gasteiger partial charge in [-0.3, -0.25) is 19.2 Å². The number of carbonyl (C=O) groups is 4. The summed E-state index contributed by atoms with van der Waals surface area (Å²) in [7, 11) is 3.14. The molecular formula is C45H44O10. The number of rotatable bonds is 12. The Bertz CT molecular complexity index is 1990. The van der Waals surface area contributed by atoms with Crippen LogP contribution in [0.2, 0.25) is 0 Å². The van der Waals surface area contributed by atoms with Gasteiger partial charge >= 0.3 is 11.9 Å². The summed E-state index contributed by atoms with van der Waals surface area (Å²) in [4.78, 5) is 53.7. The fourth-order valence-corrected chi connectivity index (χ4v) is 7.62. The fraction of sp³-hybridized carbons (Fsp3) is 0.289. The first-order chi connectivity index (χ1) is 26.5. The molecule has 2 aliphatic carbocycles. The van der Waals surface area contributed by atoms with E-state index in [1.54, 1.807) is 88.7 Å². The zero-order valence-corrected chi connectivity index (χ0v) is 31.2. The predicted molar refractivity (Wildman–Crippen MR) is 206 cm³/mol. The molecule has 0 amide bonds. The van der Waals surface area contributed by atoms with E-state index >= 15 is 0 Å². The number of allylic oxidation sites excluding steroid dienone is 4. The molecule has 0 spiro atoms. The van der Waals surface area contributed by atoms with Gasteiger partial charge in [0.15, 0.2) is 11.6 Å². The molecule has 0 radical (unpaired) electrons. The molecule has 4 aromatic carbocycles. The lowest BCUT2D eigenvalue weighted by molar-refractivity contribution is -0.153. The summed E-state index contributed by atoms with van der Waals surface area (Å²) in [6.07, 6.45) is 3.87. The van der Waals surface area contributed by atoms with E-state index in [1.165, 1.54) is 12.2 Å². The SMILES string of the molecule is CCOC(=O)C1C(=O)C=C(c2ccc(OC)cc2)CC1c1cc(Cc2ccc(O)c(C3CC(c4ccc(OC)cc4)=CC(=O)C3C(=O)OCC)c2)ccc1O. The van der Waals surface area contributed by atoms with Crippen LogP contribution in [0.1, 0.15) is 71.9 Å². The lowest BCUT2D eigenvalue weighted by Crippen LogP contribution is -2.34. The van der Waals surface area contributed by atoms with Crippen molar-refractivity contribution in [1.29, 1.82) is 0 Å². The number of ether oxygens (including phenoxy) is 4. The van der Waals surface area contributed by atoms with Gasteiger partial charge in [-0.15, -0.1) is 0 Å². The molecule has 10 nitrogen and oxygen atoms in total. The van der Waals surface area contributed by atoms with Crippen molar-refractivity contribution in [1.82, 2.24) is 0 Å². The number of hydrogen-bond acceptors (Lipinski definition) is 10. The van der Waals surface area contributed by atoms with Gasteiger partial charge in [0.05, 0.1) is 27.4 Å². The van der Waals surface area contributed by atoms with Crippen molar-refractivity contribution >= 4 is 34.7 Å². The van der Waals surface area contributed by atoms with E-state index in [4.69, 9.17) is 18.9 Å². The first-order valence-corrected chi connectivity index (χ1v) is 18.3. The normalized spacial score (nSPS) is 19.6. The molecule has 55 heavy (non-hydrogen) atoms. The van der Waals surface area contributed by atoms with Crippen molar-refractivity contribution in [3.8, 4) is 23.0 Å². The maximum absolute atomic E-state index is 13.6. The summed E-state index contributed by atoms with van der Waals surface area (Å²) in [6, 6.07) is 24.8. The highest BCUT2D eigenvalue weighted by molar-refractivity contribution is 6.11. The van der Waals surface area contributed by atoms with Gasteiger partial charge in [-0.1, -0.05) is 48.5 Å². The Balaban J connectivity index is 1.34. The number of ketones is 2. The van der Waals surface area contributed by atoms with Gasteiger partial charge in [-0.05, 0) is 126 Å². The summed E-state index contributed by atoms with van der Waals surface area (Å²) < 4.78 is 21.3. The lowest BCUT2D eigenvalue weighted by atomic mass is 9.72. The minimum Gasteiger partial charge on any atom is -0.508 e. The van der Waals surface area contributed by atoms with E-state index in [9.17, 15) is 29.4 Å². The molecule has 4 unspecified atom stereocenters. The summed E-state index contributed by atoms with van der Waals surface area (Å²) in [5.74, 6) is -4.66. The lowest BCUT2D eigenvalue weighted by Gasteiger charge is -2.30. The van der Waals surface area contributed by atoms with Gasteiger partial charge in [0.2, 0.25) is 0 Å². The van der Waals surface area contributed by atoms with Gasteiger partial charge in [-0.2, -0.15) is 0 Å². The molecule has 0 aliphatic heterocycles. The average molecular weight is 745 g/mol. The molecule has 4 atom stereocenters. The minimum absolute atomic E-state index is 0.0610. The van der Waals surface area contributed by atoms with Gasteiger partial charge in [0, 0.05) is 11.8 Å². The highest BCUT2D eigenvalue weighted by atomic mass is 16.5. The number of hydrogen-bond donors (Lipinski definition) is 2. The first kappa shape index (κ1) is 38.6. The van der Waals surface area contributed by atoms with Crippen LogP contribution >= 0.6 is 0 Å². The second-order valence-electron chi connectivity index (χ2n) is 13.6. The number of methoxy groups -OCH3 is 2. The molecule has 0 saturated heterocycles. The number of esters is 2. The van der Waals surface area contributed by atoms with Crippen LogP contribution in [0, 0.1) is 11.8 Å². The maximum Gasteiger partial charge on any atom is 0.317 e. The Labute approximate surface area is 320 Å². The van der Waals surface area contributed by atoms with Gasteiger partial charge in [0.1, 0.15) is 34.8 Å². The van der Waals surface area contributed by atoms with Crippen LogP contribution in [0.5, 0.6) is 23.0 Å². The summed E-state index contributed by atoms with van der Waals surface area (Å²) in [5, 5.41) is 22.4. The zero-order chi connectivity index (χ0) is 39.2. The van der Waals surface area contributed by atoms with E-state index in [-0.39, 0.29) is 37.6 Å². The summed E-state index contributed by atoms with van der Waals surface area (Å²) >= 11 is 0. The van der Waals surface area contributed by atoms with Crippen LogP contribution in [-0.4, -0.2) is 61.2 Å². The van der Waals surface area contributed by atoms with Crippen LogP contribution in [0.4, 0.5) is 0 Å². The Morgan fingerprint density at radius 1 is 0.600 bits per heavy atom.